The third-order valence-electron chi connectivity index (χ3n) is 6.60. The van der Waals surface area contributed by atoms with Gasteiger partial charge in [0, 0.05) is 51.0 Å². The molecule has 2 aromatic rings. The van der Waals surface area contributed by atoms with E-state index >= 15 is 0 Å². The van der Waals surface area contributed by atoms with Crippen LogP contribution in [0.15, 0.2) is 18.2 Å². The van der Waals surface area contributed by atoms with E-state index in [9.17, 15) is 0 Å². The van der Waals surface area contributed by atoms with E-state index in [-0.39, 0.29) is 18.4 Å². The summed E-state index contributed by atoms with van der Waals surface area (Å²) in [5.41, 5.74) is 1.05. The Hall–Kier alpha value is -1.94. The summed E-state index contributed by atoms with van der Waals surface area (Å²) in [6.45, 7) is 5.23. The Labute approximate surface area is 196 Å². The first kappa shape index (κ1) is 24.7. The van der Waals surface area contributed by atoms with Gasteiger partial charge in [-0.15, -0.1) is 17.5 Å². The van der Waals surface area contributed by atoms with Crippen LogP contribution in [0.1, 0.15) is 43.1 Å². The van der Waals surface area contributed by atoms with Crippen LogP contribution in [0.4, 0.5) is 0 Å². The van der Waals surface area contributed by atoms with E-state index in [1.807, 2.05) is 16.8 Å². The number of nitrogens with zero attached hydrogens (tertiary/aromatic N) is 6. The minimum absolute atomic E-state index is 0. The molecule has 0 radical (unpaired) electrons. The lowest BCUT2D eigenvalue weighted by atomic mass is 10.0. The van der Waals surface area contributed by atoms with Gasteiger partial charge in [-0.2, -0.15) is 0 Å². The average Bonchev–Trinajstić information content (AvgIpc) is 3.51. The lowest BCUT2D eigenvalue weighted by Gasteiger charge is -2.41. The first-order chi connectivity index (χ1) is 15.2. The fourth-order valence-electron chi connectivity index (χ4n) is 4.92. The van der Waals surface area contributed by atoms with Crippen LogP contribution in [-0.2, 0) is 11.3 Å². The van der Waals surface area contributed by atoms with Crippen LogP contribution in [0.25, 0.3) is 0 Å². The Morgan fingerprint density at radius 1 is 1.03 bits per heavy atom. The zero-order valence-electron chi connectivity index (χ0n) is 19.3. The maximum atomic E-state index is 5.76. The van der Waals surface area contributed by atoms with Crippen molar-refractivity contribution >= 4 is 12.4 Å². The predicted molar refractivity (Wildman–Crippen MR) is 124 cm³/mol. The molecule has 1 aromatic carbocycles. The molecule has 9 nitrogen and oxygen atoms in total. The molecule has 2 fully saturated rings. The lowest BCUT2D eigenvalue weighted by Crippen LogP contribution is -2.51. The Morgan fingerprint density at radius 2 is 1.78 bits per heavy atom. The molecule has 0 N–H and O–H groups in total. The second kappa shape index (κ2) is 11.8. The van der Waals surface area contributed by atoms with Crippen molar-refractivity contribution in [2.45, 2.75) is 44.3 Å². The Bertz CT molecular complexity index is 837. The van der Waals surface area contributed by atoms with Crippen LogP contribution in [0.3, 0.4) is 0 Å². The summed E-state index contributed by atoms with van der Waals surface area (Å²) in [7, 11) is 5.05. The Kier molecular flexibility index (Phi) is 9.10. The highest BCUT2D eigenvalue weighted by atomic mass is 35.5. The van der Waals surface area contributed by atoms with Crippen molar-refractivity contribution in [1.82, 2.24) is 30.0 Å². The summed E-state index contributed by atoms with van der Waals surface area (Å²) in [6.07, 6.45) is 5.41. The first-order valence-electron chi connectivity index (χ1n) is 11.2. The van der Waals surface area contributed by atoms with E-state index in [1.165, 1.54) is 25.7 Å². The highest BCUT2D eigenvalue weighted by molar-refractivity contribution is 5.85. The van der Waals surface area contributed by atoms with Crippen molar-refractivity contribution in [2.24, 2.45) is 0 Å². The molecule has 1 aliphatic carbocycles. The second-order valence-electron chi connectivity index (χ2n) is 8.27. The number of piperazine rings is 1. The summed E-state index contributed by atoms with van der Waals surface area (Å²) in [5, 5.41) is 12.7. The predicted octanol–water partition coefficient (Wildman–Crippen LogP) is 2.41. The van der Waals surface area contributed by atoms with E-state index < -0.39 is 0 Å². The number of ether oxygens (including phenoxy) is 3. The van der Waals surface area contributed by atoms with Gasteiger partial charge < -0.3 is 14.2 Å². The fourth-order valence-corrected chi connectivity index (χ4v) is 4.92. The van der Waals surface area contributed by atoms with E-state index in [1.54, 1.807) is 21.3 Å². The van der Waals surface area contributed by atoms with Gasteiger partial charge in [-0.25, -0.2) is 4.68 Å². The van der Waals surface area contributed by atoms with Crippen LogP contribution in [0, 0.1) is 0 Å². The van der Waals surface area contributed by atoms with Gasteiger partial charge in [0.05, 0.1) is 27.4 Å². The number of rotatable bonds is 9. The SMILES string of the molecule is COCCn1nnnc1C(c1ccc(OC)cc1OC)N1CCN(C2CCCC2)CC1.Cl. The average molecular weight is 467 g/mol. The van der Waals surface area contributed by atoms with Gasteiger partial charge in [-0.05, 0) is 35.4 Å². The summed E-state index contributed by atoms with van der Waals surface area (Å²) in [6, 6.07) is 6.63. The highest BCUT2D eigenvalue weighted by Crippen LogP contribution is 2.37. The van der Waals surface area contributed by atoms with Crippen LogP contribution in [-0.4, -0.2) is 90.2 Å². The first-order valence-corrected chi connectivity index (χ1v) is 11.2. The largest absolute Gasteiger partial charge is 0.497 e. The number of hydrogen-bond donors (Lipinski definition) is 0. The summed E-state index contributed by atoms with van der Waals surface area (Å²) in [5.74, 6) is 2.36. The normalized spacial score (nSPS) is 19.0. The zero-order valence-corrected chi connectivity index (χ0v) is 20.1. The van der Waals surface area contributed by atoms with Gasteiger partial charge in [0.15, 0.2) is 5.82 Å². The van der Waals surface area contributed by atoms with Crippen molar-refractivity contribution in [1.29, 1.82) is 0 Å². The van der Waals surface area contributed by atoms with E-state index in [0.29, 0.717) is 13.2 Å². The van der Waals surface area contributed by atoms with Crippen LogP contribution in [0.5, 0.6) is 11.5 Å². The van der Waals surface area contributed by atoms with Gasteiger partial charge in [0.25, 0.3) is 0 Å². The van der Waals surface area contributed by atoms with Crippen LogP contribution >= 0.6 is 12.4 Å². The molecule has 1 aliphatic heterocycles. The molecule has 4 rings (SSSR count). The zero-order chi connectivity index (χ0) is 21.6. The van der Waals surface area contributed by atoms with Crippen LogP contribution < -0.4 is 9.47 Å². The molecule has 0 amide bonds. The van der Waals surface area contributed by atoms with Crippen molar-refractivity contribution in [3.8, 4) is 11.5 Å². The molecule has 178 valence electrons. The third-order valence-corrected chi connectivity index (χ3v) is 6.60. The van der Waals surface area contributed by atoms with Gasteiger partial charge in [0.1, 0.15) is 17.5 Å². The third kappa shape index (κ3) is 5.33. The molecule has 1 saturated heterocycles. The summed E-state index contributed by atoms with van der Waals surface area (Å²) >= 11 is 0. The van der Waals surface area contributed by atoms with E-state index in [2.05, 4.69) is 31.4 Å². The lowest BCUT2D eigenvalue weighted by molar-refractivity contribution is 0.0756. The topological polar surface area (TPSA) is 77.8 Å². The molecule has 10 heteroatoms. The highest BCUT2D eigenvalue weighted by Gasteiger charge is 2.34. The van der Waals surface area contributed by atoms with Gasteiger partial charge in [-0.3, -0.25) is 9.80 Å². The minimum atomic E-state index is -0.0987. The molecule has 2 heterocycles. The molecular weight excluding hydrogens is 432 g/mol. The number of hydrogen-bond acceptors (Lipinski definition) is 8. The van der Waals surface area contributed by atoms with Gasteiger partial charge in [-0.1, -0.05) is 12.8 Å². The van der Waals surface area contributed by atoms with Crippen molar-refractivity contribution in [2.75, 3.05) is 54.1 Å². The number of tetrazole rings is 1. The number of benzene rings is 1. The number of halogens is 1. The van der Waals surface area contributed by atoms with E-state index in [4.69, 9.17) is 14.2 Å². The fraction of sp³-hybridized carbons (Fsp3) is 0.682. The minimum Gasteiger partial charge on any atom is -0.497 e. The standard InChI is InChI=1S/C22H34N6O3.ClH/c1-29-15-14-28-22(23-24-25-28)21(19-9-8-18(30-2)16-20(19)31-3)27-12-10-26(11-13-27)17-6-4-5-7-17;/h8-9,16-17,21H,4-7,10-15H2,1-3H3;1H. The number of aromatic nitrogens is 4. The molecule has 1 saturated carbocycles. The van der Waals surface area contributed by atoms with E-state index in [0.717, 1.165) is 55.1 Å². The Morgan fingerprint density at radius 3 is 2.44 bits per heavy atom. The number of methoxy groups -OCH3 is 3. The second-order valence-corrected chi connectivity index (χ2v) is 8.27. The van der Waals surface area contributed by atoms with Crippen molar-refractivity contribution < 1.29 is 14.2 Å². The molecule has 1 atom stereocenters. The molecular formula is C22H35ClN6O3. The Balaban J connectivity index is 0.00000289. The van der Waals surface area contributed by atoms with Crippen molar-refractivity contribution in [3.63, 3.8) is 0 Å². The molecule has 32 heavy (non-hydrogen) atoms. The molecule has 0 spiro atoms. The summed E-state index contributed by atoms with van der Waals surface area (Å²) < 4.78 is 18.3. The molecule has 0 bridgehead atoms. The quantitative estimate of drug-likeness (QED) is 0.557. The molecule has 1 aromatic heterocycles. The van der Waals surface area contributed by atoms with Crippen molar-refractivity contribution in [3.05, 3.63) is 29.6 Å². The monoisotopic (exact) mass is 466 g/mol. The van der Waals surface area contributed by atoms with Crippen LogP contribution in [0.2, 0.25) is 0 Å². The molecule has 2 aliphatic rings. The summed E-state index contributed by atoms with van der Waals surface area (Å²) in [4.78, 5) is 5.14. The van der Waals surface area contributed by atoms with Gasteiger partial charge in [0.2, 0.25) is 0 Å². The van der Waals surface area contributed by atoms with Gasteiger partial charge >= 0.3 is 0 Å². The maximum Gasteiger partial charge on any atom is 0.173 e. The maximum absolute atomic E-state index is 5.76. The molecule has 1 unspecified atom stereocenters. The smallest absolute Gasteiger partial charge is 0.173 e.